The van der Waals surface area contributed by atoms with Crippen molar-refractivity contribution in [1.82, 2.24) is 0 Å². The molecule has 0 fully saturated rings. The Morgan fingerprint density at radius 1 is 1.73 bits per heavy atom. The molecule has 0 aliphatic heterocycles. The zero-order chi connectivity index (χ0) is 8.27. The molecule has 0 radical (unpaired) electrons. The van der Waals surface area contributed by atoms with Crippen LogP contribution in [0, 0.1) is 5.92 Å². The minimum atomic E-state index is 0.527. The first kappa shape index (κ1) is 8.81. The van der Waals surface area contributed by atoms with Gasteiger partial charge in [0.15, 0.2) is 4.67 Å². The van der Waals surface area contributed by atoms with Crippen molar-refractivity contribution >= 4 is 15.9 Å². The molecule has 62 valence electrons. The zero-order valence-electron chi connectivity index (χ0n) is 6.51. The molecule has 0 aliphatic carbocycles. The standard InChI is InChI=1S/C8H12BrNO/c1-6(4-10)2-7-3-8(9)11-5-7/h3,5-6H,2,4,10H2,1H3. The molecule has 1 atom stereocenters. The summed E-state index contributed by atoms with van der Waals surface area (Å²) < 4.78 is 5.87. The van der Waals surface area contributed by atoms with Gasteiger partial charge in [-0.25, -0.2) is 0 Å². The van der Waals surface area contributed by atoms with Crippen molar-refractivity contribution in [2.45, 2.75) is 13.3 Å². The van der Waals surface area contributed by atoms with E-state index in [4.69, 9.17) is 10.2 Å². The highest BCUT2D eigenvalue weighted by atomic mass is 79.9. The lowest BCUT2D eigenvalue weighted by Crippen LogP contribution is -2.12. The van der Waals surface area contributed by atoms with Crippen LogP contribution in [0.4, 0.5) is 0 Å². The lowest BCUT2D eigenvalue weighted by atomic mass is 10.0. The lowest BCUT2D eigenvalue weighted by Gasteiger charge is -2.03. The van der Waals surface area contributed by atoms with Crippen molar-refractivity contribution in [1.29, 1.82) is 0 Å². The molecule has 3 heteroatoms. The van der Waals surface area contributed by atoms with Crippen LogP contribution in [0.5, 0.6) is 0 Å². The fourth-order valence-electron chi connectivity index (χ4n) is 0.939. The predicted octanol–water partition coefficient (Wildman–Crippen LogP) is 2.18. The first-order chi connectivity index (χ1) is 5.22. The average Bonchev–Trinajstić information content (AvgIpc) is 2.35. The van der Waals surface area contributed by atoms with Gasteiger partial charge in [0.2, 0.25) is 0 Å². The molecule has 0 saturated carbocycles. The van der Waals surface area contributed by atoms with Crippen LogP contribution >= 0.6 is 15.9 Å². The maximum absolute atomic E-state index is 5.48. The van der Waals surface area contributed by atoms with Gasteiger partial charge in [-0.1, -0.05) is 6.92 Å². The van der Waals surface area contributed by atoms with E-state index >= 15 is 0 Å². The van der Waals surface area contributed by atoms with Crippen LogP contribution < -0.4 is 5.73 Å². The summed E-state index contributed by atoms with van der Waals surface area (Å²) in [6.07, 6.45) is 2.75. The van der Waals surface area contributed by atoms with Gasteiger partial charge >= 0.3 is 0 Å². The van der Waals surface area contributed by atoms with Crippen LogP contribution in [0.25, 0.3) is 0 Å². The van der Waals surface area contributed by atoms with Crippen LogP contribution in [0.3, 0.4) is 0 Å². The Kier molecular flexibility index (Phi) is 3.15. The smallest absolute Gasteiger partial charge is 0.169 e. The molecule has 1 rings (SSSR count). The summed E-state index contributed by atoms with van der Waals surface area (Å²) in [5.74, 6) is 0.527. The summed E-state index contributed by atoms with van der Waals surface area (Å²) in [5.41, 5.74) is 6.69. The number of rotatable bonds is 3. The van der Waals surface area contributed by atoms with Gasteiger partial charge in [0.25, 0.3) is 0 Å². The summed E-state index contributed by atoms with van der Waals surface area (Å²) in [7, 11) is 0. The largest absolute Gasteiger partial charge is 0.457 e. The van der Waals surface area contributed by atoms with Gasteiger partial charge in [0.05, 0.1) is 6.26 Å². The second-order valence-corrected chi connectivity index (χ2v) is 3.59. The van der Waals surface area contributed by atoms with Gasteiger partial charge in [-0.15, -0.1) is 0 Å². The minimum absolute atomic E-state index is 0.527. The molecule has 0 aromatic carbocycles. The molecular formula is C8H12BrNO. The quantitative estimate of drug-likeness (QED) is 0.844. The van der Waals surface area contributed by atoms with Crippen molar-refractivity contribution in [3.63, 3.8) is 0 Å². The van der Waals surface area contributed by atoms with Gasteiger partial charge < -0.3 is 10.2 Å². The van der Waals surface area contributed by atoms with Gasteiger partial charge in [0.1, 0.15) is 0 Å². The van der Waals surface area contributed by atoms with Crippen LogP contribution in [-0.4, -0.2) is 6.54 Å². The molecular weight excluding hydrogens is 206 g/mol. The van der Waals surface area contributed by atoms with E-state index in [1.807, 2.05) is 6.07 Å². The molecule has 1 unspecified atom stereocenters. The van der Waals surface area contributed by atoms with E-state index in [0.717, 1.165) is 17.6 Å². The van der Waals surface area contributed by atoms with Crippen LogP contribution in [0.1, 0.15) is 12.5 Å². The van der Waals surface area contributed by atoms with Crippen LogP contribution in [-0.2, 0) is 6.42 Å². The highest BCUT2D eigenvalue weighted by Crippen LogP contribution is 2.16. The molecule has 1 heterocycles. The van der Waals surface area contributed by atoms with Crippen molar-refractivity contribution in [2.24, 2.45) is 11.7 Å². The molecule has 0 amide bonds. The summed E-state index contributed by atoms with van der Waals surface area (Å²) in [6, 6.07) is 1.98. The Morgan fingerprint density at radius 3 is 2.91 bits per heavy atom. The van der Waals surface area contributed by atoms with E-state index in [2.05, 4.69) is 22.9 Å². The third-order valence-electron chi connectivity index (χ3n) is 1.61. The van der Waals surface area contributed by atoms with Crippen molar-refractivity contribution in [3.8, 4) is 0 Å². The monoisotopic (exact) mass is 217 g/mol. The second kappa shape index (κ2) is 3.93. The third-order valence-corrected chi connectivity index (χ3v) is 2.02. The van der Waals surface area contributed by atoms with Crippen molar-refractivity contribution < 1.29 is 4.42 Å². The van der Waals surface area contributed by atoms with Crippen molar-refractivity contribution in [3.05, 3.63) is 22.6 Å². The highest BCUT2D eigenvalue weighted by molar-refractivity contribution is 9.10. The number of hydrogen-bond acceptors (Lipinski definition) is 2. The Bertz CT molecular complexity index is 222. The van der Waals surface area contributed by atoms with Gasteiger partial charge in [-0.2, -0.15) is 0 Å². The molecule has 2 nitrogen and oxygen atoms in total. The first-order valence-corrected chi connectivity index (χ1v) is 4.44. The summed E-state index contributed by atoms with van der Waals surface area (Å²) in [4.78, 5) is 0. The van der Waals surface area contributed by atoms with E-state index in [1.165, 1.54) is 5.56 Å². The van der Waals surface area contributed by atoms with Gasteiger partial charge in [-0.3, -0.25) is 0 Å². The van der Waals surface area contributed by atoms with E-state index in [-0.39, 0.29) is 0 Å². The third kappa shape index (κ3) is 2.67. The van der Waals surface area contributed by atoms with E-state index in [9.17, 15) is 0 Å². The van der Waals surface area contributed by atoms with Gasteiger partial charge in [0, 0.05) is 0 Å². The summed E-state index contributed by atoms with van der Waals surface area (Å²) in [5, 5.41) is 0. The molecule has 11 heavy (non-hydrogen) atoms. The SMILES string of the molecule is CC(CN)Cc1coc(Br)c1. The van der Waals surface area contributed by atoms with Crippen LogP contribution in [0.2, 0.25) is 0 Å². The Morgan fingerprint density at radius 2 is 2.45 bits per heavy atom. The van der Waals surface area contributed by atoms with Crippen molar-refractivity contribution in [2.75, 3.05) is 6.54 Å². The van der Waals surface area contributed by atoms with Gasteiger partial charge in [-0.05, 0) is 46.4 Å². The number of halogens is 1. The van der Waals surface area contributed by atoms with E-state index in [1.54, 1.807) is 6.26 Å². The second-order valence-electron chi connectivity index (χ2n) is 2.80. The lowest BCUT2D eigenvalue weighted by molar-refractivity contribution is 0.531. The van der Waals surface area contributed by atoms with E-state index in [0.29, 0.717) is 5.92 Å². The Labute approximate surface area is 74.9 Å². The maximum Gasteiger partial charge on any atom is 0.169 e. The molecule has 2 N–H and O–H groups in total. The number of hydrogen-bond donors (Lipinski definition) is 1. The maximum atomic E-state index is 5.48. The Balaban J connectivity index is 2.50. The summed E-state index contributed by atoms with van der Waals surface area (Å²) in [6.45, 7) is 2.85. The Hall–Kier alpha value is -0.280. The topological polar surface area (TPSA) is 39.2 Å². The first-order valence-electron chi connectivity index (χ1n) is 3.65. The average molecular weight is 218 g/mol. The van der Waals surface area contributed by atoms with E-state index < -0.39 is 0 Å². The molecule has 0 saturated heterocycles. The fourth-order valence-corrected chi connectivity index (χ4v) is 1.33. The zero-order valence-corrected chi connectivity index (χ0v) is 8.10. The molecule has 0 aliphatic rings. The predicted molar refractivity (Wildman–Crippen MR) is 48.3 cm³/mol. The van der Waals surface area contributed by atoms with Crippen LogP contribution in [0.15, 0.2) is 21.4 Å². The number of nitrogens with two attached hydrogens (primary N) is 1. The minimum Gasteiger partial charge on any atom is -0.457 e. The summed E-state index contributed by atoms with van der Waals surface area (Å²) >= 11 is 3.25. The molecule has 0 spiro atoms. The molecule has 0 bridgehead atoms. The number of furan rings is 1. The fraction of sp³-hybridized carbons (Fsp3) is 0.500. The highest BCUT2D eigenvalue weighted by Gasteiger charge is 2.03. The normalized spacial score (nSPS) is 13.4. The molecule has 1 aromatic heterocycles. The molecule has 1 aromatic rings.